The number of aromatic amines is 1. The van der Waals surface area contributed by atoms with Gasteiger partial charge in [-0.1, -0.05) is 12.1 Å². The maximum Gasteiger partial charge on any atom is 0.244 e. The zero-order valence-electron chi connectivity index (χ0n) is 12.3. The number of H-pyrrole nitrogens is 1. The Labute approximate surface area is 131 Å². The highest BCUT2D eigenvalue weighted by Crippen LogP contribution is 2.28. The van der Waals surface area contributed by atoms with Crippen LogP contribution < -0.4 is 10.6 Å². The molecular formula is C15H13N7O. The summed E-state index contributed by atoms with van der Waals surface area (Å²) in [5.74, 6) is 1.65. The van der Waals surface area contributed by atoms with E-state index in [0.29, 0.717) is 11.6 Å². The molecule has 0 spiro atoms. The number of hydrogen-bond acceptors (Lipinski definition) is 6. The van der Waals surface area contributed by atoms with E-state index in [0.717, 1.165) is 28.2 Å². The summed E-state index contributed by atoms with van der Waals surface area (Å²) in [4.78, 5) is 24.3. The Bertz CT molecular complexity index is 889. The molecule has 0 radical (unpaired) electrons. The molecule has 1 aliphatic rings. The fraction of sp³-hybridized carbons (Fsp3) is 0.133. The lowest BCUT2D eigenvalue weighted by Gasteiger charge is -2.17. The number of carbonyl (C=O) groups excluding carboxylic acids is 1. The molecule has 0 unspecified atom stereocenters. The van der Waals surface area contributed by atoms with Crippen molar-refractivity contribution in [2.75, 3.05) is 17.2 Å². The van der Waals surface area contributed by atoms with Crippen molar-refractivity contribution >= 4 is 17.5 Å². The maximum absolute atomic E-state index is 11.3. The van der Waals surface area contributed by atoms with Crippen molar-refractivity contribution in [1.29, 1.82) is 0 Å². The van der Waals surface area contributed by atoms with Gasteiger partial charge in [0.25, 0.3) is 0 Å². The molecule has 8 nitrogen and oxygen atoms in total. The summed E-state index contributed by atoms with van der Waals surface area (Å²) in [7, 11) is 0. The summed E-state index contributed by atoms with van der Waals surface area (Å²) in [6.07, 6.45) is 3.13. The molecule has 0 saturated heterocycles. The average molecular weight is 307 g/mol. The molecule has 4 rings (SSSR count). The highest BCUT2D eigenvalue weighted by atomic mass is 16.2. The molecule has 114 valence electrons. The third-order valence-electron chi connectivity index (χ3n) is 3.64. The Morgan fingerprint density at radius 3 is 2.87 bits per heavy atom. The van der Waals surface area contributed by atoms with Crippen molar-refractivity contribution in [1.82, 2.24) is 25.1 Å². The SMILES string of the molecule is Cc1cc(-c2ncn[nH]2)ccc1-c1cnc2c(n1)NCC(=O)N2. The normalized spacial score (nSPS) is 13.2. The molecule has 3 aromatic rings. The summed E-state index contributed by atoms with van der Waals surface area (Å²) >= 11 is 0. The van der Waals surface area contributed by atoms with E-state index in [1.165, 1.54) is 6.33 Å². The highest BCUT2D eigenvalue weighted by molar-refractivity contribution is 5.98. The maximum atomic E-state index is 11.3. The molecular weight excluding hydrogens is 294 g/mol. The van der Waals surface area contributed by atoms with Gasteiger partial charge in [-0.05, 0) is 18.6 Å². The zero-order chi connectivity index (χ0) is 15.8. The lowest BCUT2D eigenvalue weighted by atomic mass is 10.0. The van der Waals surface area contributed by atoms with Crippen molar-refractivity contribution < 1.29 is 4.79 Å². The van der Waals surface area contributed by atoms with E-state index >= 15 is 0 Å². The van der Waals surface area contributed by atoms with E-state index in [1.54, 1.807) is 6.20 Å². The van der Waals surface area contributed by atoms with Crippen LogP contribution in [-0.2, 0) is 4.79 Å². The monoisotopic (exact) mass is 307 g/mol. The third-order valence-corrected chi connectivity index (χ3v) is 3.64. The Morgan fingerprint density at radius 2 is 2.09 bits per heavy atom. The summed E-state index contributed by atoms with van der Waals surface area (Å²) in [5.41, 5.74) is 3.73. The first-order valence-corrected chi connectivity index (χ1v) is 7.08. The van der Waals surface area contributed by atoms with Gasteiger partial charge in [-0.2, -0.15) is 5.10 Å². The highest BCUT2D eigenvalue weighted by Gasteiger charge is 2.18. The molecule has 0 atom stereocenters. The van der Waals surface area contributed by atoms with E-state index in [2.05, 4.69) is 35.8 Å². The van der Waals surface area contributed by atoms with Gasteiger partial charge in [-0.15, -0.1) is 0 Å². The number of nitrogens with one attached hydrogen (secondary N) is 3. The molecule has 0 bridgehead atoms. The number of aryl methyl sites for hydroxylation is 1. The van der Waals surface area contributed by atoms with Crippen molar-refractivity contribution in [2.45, 2.75) is 6.92 Å². The van der Waals surface area contributed by atoms with Gasteiger partial charge in [0.2, 0.25) is 5.91 Å². The quantitative estimate of drug-likeness (QED) is 0.663. The molecule has 0 saturated carbocycles. The smallest absolute Gasteiger partial charge is 0.244 e. The molecule has 2 aromatic heterocycles. The molecule has 1 aromatic carbocycles. The molecule has 3 N–H and O–H groups in total. The fourth-order valence-corrected chi connectivity index (χ4v) is 2.52. The number of fused-ring (bicyclic) bond motifs is 1. The van der Waals surface area contributed by atoms with Crippen LogP contribution in [0, 0.1) is 6.92 Å². The van der Waals surface area contributed by atoms with Crippen LogP contribution in [0.1, 0.15) is 5.56 Å². The van der Waals surface area contributed by atoms with Crippen LogP contribution in [0.5, 0.6) is 0 Å². The number of benzene rings is 1. The molecule has 23 heavy (non-hydrogen) atoms. The third kappa shape index (κ3) is 2.39. The van der Waals surface area contributed by atoms with Crippen molar-refractivity contribution in [3.05, 3.63) is 36.3 Å². The Morgan fingerprint density at radius 1 is 1.17 bits per heavy atom. The van der Waals surface area contributed by atoms with Crippen LogP contribution in [0.3, 0.4) is 0 Å². The van der Waals surface area contributed by atoms with Gasteiger partial charge in [0.15, 0.2) is 17.5 Å². The fourth-order valence-electron chi connectivity index (χ4n) is 2.52. The first kappa shape index (κ1) is 13.4. The lowest BCUT2D eigenvalue weighted by molar-refractivity contribution is -0.114. The second kappa shape index (κ2) is 5.16. The molecule has 8 heteroatoms. The standard InChI is InChI=1S/C15H13N7O/c1-8-4-9(13-18-7-19-22-13)2-3-10(8)11-5-16-15-14(20-11)17-6-12(23)21-15/h2-5,7H,6H2,1H3,(H,17,20)(H,16,21,23)(H,18,19,22). The van der Waals surface area contributed by atoms with Crippen molar-refractivity contribution in [3.63, 3.8) is 0 Å². The second-order valence-electron chi connectivity index (χ2n) is 5.22. The van der Waals surface area contributed by atoms with Crippen molar-refractivity contribution in [3.8, 4) is 22.6 Å². The Kier molecular flexibility index (Phi) is 3.00. The number of aromatic nitrogens is 5. The first-order valence-electron chi connectivity index (χ1n) is 7.08. The predicted molar refractivity (Wildman–Crippen MR) is 84.7 cm³/mol. The number of amides is 1. The van der Waals surface area contributed by atoms with Gasteiger partial charge in [-0.25, -0.2) is 15.0 Å². The molecule has 1 aliphatic heterocycles. The van der Waals surface area contributed by atoms with Crippen LogP contribution in [0.15, 0.2) is 30.7 Å². The average Bonchev–Trinajstić information content (AvgIpc) is 3.09. The summed E-state index contributed by atoms with van der Waals surface area (Å²) < 4.78 is 0. The van der Waals surface area contributed by atoms with E-state index in [-0.39, 0.29) is 12.5 Å². The number of nitrogens with zero attached hydrogens (tertiary/aromatic N) is 4. The van der Waals surface area contributed by atoms with E-state index in [4.69, 9.17) is 0 Å². The van der Waals surface area contributed by atoms with E-state index in [1.807, 2.05) is 25.1 Å². The number of rotatable bonds is 2. The minimum absolute atomic E-state index is 0.118. The molecule has 1 amide bonds. The first-order chi connectivity index (χ1) is 11.2. The van der Waals surface area contributed by atoms with Gasteiger partial charge >= 0.3 is 0 Å². The summed E-state index contributed by atoms with van der Waals surface area (Å²) in [6, 6.07) is 5.95. The number of carbonyl (C=O) groups is 1. The van der Waals surface area contributed by atoms with E-state index < -0.39 is 0 Å². The van der Waals surface area contributed by atoms with E-state index in [9.17, 15) is 4.79 Å². The molecule has 0 aliphatic carbocycles. The zero-order valence-corrected chi connectivity index (χ0v) is 12.3. The van der Waals surface area contributed by atoms with Crippen LogP contribution in [-0.4, -0.2) is 37.6 Å². The minimum atomic E-state index is -0.118. The lowest BCUT2D eigenvalue weighted by Crippen LogP contribution is -2.28. The van der Waals surface area contributed by atoms with Gasteiger partial charge in [0.05, 0.1) is 18.4 Å². The topological polar surface area (TPSA) is 108 Å². The number of anilines is 2. The predicted octanol–water partition coefficient (Wildman–Crippen LogP) is 1.60. The van der Waals surface area contributed by atoms with Crippen LogP contribution in [0.25, 0.3) is 22.6 Å². The Balaban J connectivity index is 1.72. The van der Waals surface area contributed by atoms with Gasteiger partial charge in [0, 0.05) is 11.1 Å². The minimum Gasteiger partial charge on any atom is -0.358 e. The molecule has 3 heterocycles. The van der Waals surface area contributed by atoms with Gasteiger partial charge in [-0.3, -0.25) is 9.89 Å². The van der Waals surface area contributed by atoms with Gasteiger partial charge < -0.3 is 10.6 Å². The second-order valence-corrected chi connectivity index (χ2v) is 5.22. The van der Waals surface area contributed by atoms with Crippen LogP contribution in [0.4, 0.5) is 11.6 Å². The van der Waals surface area contributed by atoms with Gasteiger partial charge in [0.1, 0.15) is 6.33 Å². The number of hydrogen-bond donors (Lipinski definition) is 3. The van der Waals surface area contributed by atoms with Crippen LogP contribution >= 0.6 is 0 Å². The van der Waals surface area contributed by atoms with Crippen molar-refractivity contribution in [2.24, 2.45) is 0 Å². The summed E-state index contributed by atoms with van der Waals surface area (Å²) in [6.45, 7) is 2.21. The summed E-state index contributed by atoms with van der Waals surface area (Å²) in [5, 5.41) is 12.4. The largest absolute Gasteiger partial charge is 0.358 e. The van der Waals surface area contributed by atoms with Crippen LogP contribution in [0.2, 0.25) is 0 Å². The molecule has 0 fully saturated rings. The Hall–Kier alpha value is -3.29.